The van der Waals surface area contributed by atoms with Crippen LogP contribution in [0.3, 0.4) is 0 Å². The molecule has 6 nitrogen and oxygen atoms in total. The number of pyridine rings is 1. The van der Waals surface area contributed by atoms with Gasteiger partial charge in [0.05, 0.1) is 6.10 Å². The summed E-state index contributed by atoms with van der Waals surface area (Å²) in [4.78, 5) is 32.7. The van der Waals surface area contributed by atoms with E-state index in [2.05, 4.69) is 4.98 Å². The van der Waals surface area contributed by atoms with E-state index in [0.29, 0.717) is 18.2 Å². The van der Waals surface area contributed by atoms with E-state index in [4.69, 9.17) is 0 Å². The number of hydrogen-bond donors (Lipinski definition) is 1. The Balaban J connectivity index is 1.87. The largest absolute Gasteiger partial charge is 0.389 e. The van der Waals surface area contributed by atoms with Gasteiger partial charge in [-0.25, -0.2) is 0 Å². The molecule has 2 aromatic rings. The smallest absolute Gasteiger partial charge is 0.273 e. The summed E-state index contributed by atoms with van der Waals surface area (Å²) in [5, 5.41) is 11.9. The highest BCUT2D eigenvalue weighted by atomic mass is 16.3. The molecule has 0 radical (unpaired) electrons. The monoisotopic (exact) mass is 341 g/mol. The zero-order valence-electron chi connectivity index (χ0n) is 14.6. The number of aromatic nitrogens is 1. The minimum Gasteiger partial charge on any atom is -0.389 e. The van der Waals surface area contributed by atoms with E-state index in [1.165, 1.54) is 4.90 Å². The first-order valence-corrected chi connectivity index (χ1v) is 8.54. The Morgan fingerprint density at radius 2 is 2.04 bits per heavy atom. The standard InChI is InChI=1S/C19H23N3O3/c1-13(2)9-21-10-15(23)11-22(12-17(21)24)19(25)18-16-6-4-3-5-14(16)7-8-20-18/h3-8,13,15,23H,9-12H2,1-2H3. The van der Waals surface area contributed by atoms with Crippen molar-refractivity contribution in [2.75, 3.05) is 26.2 Å². The lowest BCUT2D eigenvalue weighted by Crippen LogP contribution is -2.40. The molecule has 25 heavy (non-hydrogen) atoms. The van der Waals surface area contributed by atoms with Gasteiger partial charge in [0.2, 0.25) is 5.91 Å². The summed E-state index contributed by atoms with van der Waals surface area (Å²) in [6.07, 6.45) is 0.834. The second-order valence-electron chi connectivity index (χ2n) is 6.91. The molecule has 0 spiro atoms. The van der Waals surface area contributed by atoms with Crippen molar-refractivity contribution in [2.45, 2.75) is 20.0 Å². The number of aliphatic hydroxyl groups excluding tert-OH is 1. The third-order valence-corrected chi connectivity index (χ3v) is 4.29. The van der Waals surface area contributed by atoms with Crippen LogP contribution in [0.1, 0.15) is 24.3 Å². The number of amides is 2. The Morgan fingerprint density at radius 1 is 1.28 bits per heavy atom. The lowest BCUT2D eigenvalue weighted by Gasteiger charge is -2.23. The van der Waals surface area contributed by atoms with Crippen LogP contribution >= 0.6 is 0 Å². The summed E-state index contributed by atoms with van der Waals surface area (Å²) in [6, 6.07) is 9.36. The average Bonchev–Trinajstić information content (AvgIpc) is 2.72. The number of fused-ring (bicyclic) bond motifs is 1. The SMILES string of the molecule is CC(C)CN1CC(O)CN(C(=O)c2nccc3ccccc23)CC1=O. The van der Waals surface area contributed by atoms with Gasteiger partial charge in [-0.05, 0) is 17.4 Å². The molecule has 132 valence electrons. The molecule has 6 heteroatoms. The summed E-state index contributed by atoms with van der Waals surface area (Å²) in [6.45, 7) is 4.97. The van der Waals surface area contributed by atoms with Crippen LogP contribution in [0.4, 0.5) is 0 Å². The second-order valence-corrected chi connectivity index (χ2v) is 6.91. The van der Waals surface area contributed by atoms with Gasteiger partial charge < -0.3 is 14.9 Å². The number of nitrogens with zero attached hydrogens (tertiary/aromatic N) is 3. The first kappa shape index (κ1) is 17.4. The number of hydrogen-bond acceptors (Lipinski definition) is 4. The maximum atomic E-state index is 13.0. The van der Waals surface area contributed by atoms with Crippen LogP contribution < -0.4 is 0 Å². The van der Waals surface area contributed by atoms with E-state index < -0.39 is 6.10 Å². The van der Waals surface area contributed by atoms with Crippen molar-refractivity contribution in [3.8, 4) is 0 Å². The molecule has 1 saturated heterocycles. The number of β-amino-alcohol motifs (C(OH)–C–C–N with tert-alkyl or cyclic N) is 1. The zero-order valence-corrected chi connectivity index (χ0v) is 14.6. The molecule has 2 amide bonds. The third-order valence-electron chi connectivity index (χ3n) is 4.29. The van der Waals surface area contributed by atoms with Crippen molar-refractivity contribution < 1.29 is 14.7 Å². The maximum Gasteiger partial charge on any atom is 0.273 e. The van der Waals surface area contributed by atoms with Crippen molar-refractivity contribution >= 4 is 22.6 Å². The Labute approximate surface area is 147 Å². The summed E-state index contributed by atoms with van der Waals surface area (Å²) in [7, 11) is 0. The summed E-state index contributed by atoms with van der Waals surface area (Å²) >= 11 is 0. The number of carbonyl (C=O) groups excluding carboxylic acids is 2. The molecule has 1 unspecified atom stereocenters. The van der Waals surface area contributed by atoms with Gasteiger partial charge in [-0.1, -0.05) is 38.1 Å². The summed E-state index contributed by atoms with van der Waals surface area (Å²) in [5.41, 5.74) is 0.315. The number of rotatable bonds is 3. The highest BCUT2D eigenvalue weighted by Crippen LogP contribution is 2.19. The first-order valence-electron chi connectivity index (χ1n) is 8.54. The van der Waals surface area contributed by atoms with Crippen molar-refractivity contribution in [1.29, 1.82) is 0 Å². The molecule has 1 aromatic carbocycles. The molecule has 1 N–H and O–H groups in total. The number of benzene rings is 1. The van der Waals surface area contributed by atoms with Crippen LogP contribution in [0.25, 0.3) is 10.8 Å². The van der Waals surface area contributed by atoms with Crippen molar-refractivity contribution in [3.05, 3.63) is 42.2 Å². The quantitative estimate of drug-likeness (QED) is 0.919. The molecule has 0 bridgehead atoms. The van der Waals surface area contributed by atoms with Crippen molar-refractivity contribution in [1.82, 2.24) is 14.8 Å². The van der Waals surface area contributed by atoms with Gasteiger partial charge >= 0.3 is 0 Å². The topological polar surface area (TPSA) is 73.7 Å². The van der Waals surface area contributed by atoms with E-state index >= 15 is 0 Å². The van der Waals surface area contributed by atoms with Crippen LogP contribution in [-0.4, -0.2) is 64.0 Å². The third kappa shape index (κ3) is 3.79. The van der Waals surface area contributed by atoms with Crippen molar-refractivity contribution in [2.24, 2.45) is 5.92 Å². The van der Waals surface area contributed by atoms with Crippen LogP contribution in [0.15, 0.2) is 36.5 Å². The van der Waals surface area contributed by atoms with Crippen LogP contribution in [0, 0.1) is 5.92 Å². The predicted octanol–water partition coefficient (Wildman–Crippen LogP) is 1.54. The molecule has 0 aliphatic carbocycles. The fourth-order valence-corrected chi connectivity index (χ4v) is 3.21. The molecule has 1 aliphatic heterocycles. The van der Waals surface area contributed by atoms with E-state index in [-0.39, 0.29) is 31.4 Å². The minimum absolute atomic E-state index is 0.0342. The summed E-state index contributed by atoms with van der Waals surface area (Å²) < 4.78 is 0. The lowest BCUT2D eigenvalue weighted by molar-refractivity contribution is -0.131. The van der Waals surface area contributed by atoms with Crippen LogP contribution in [0.2, 0.25) is 0 Å². The van der Waals surface area contributed by atoms with Crippen LogP contribution in [-0.2, 0) is 4.79 Å². The predicted molar refractivity (Wildman–Crippen MR) is 95.1 cm³/mol. The maximum absolute atomic E-state index is 13.0. The fourth-order valence-electron chi connectivity index (χ4n) is 3.21. The Hall–Kier alpha value is -2.47. The van der Waals surface area contributed by atoms with E-state index in [0.717, 1.165) is 10.8 Å². The van der Waals surface area contributed by atoms with Gasteiger partial charge in [0.25, 0.3) is 5.91 Å². The molecule has 0 saturated carbocycles. The highest BCUT2D eigenvalue weighted by Gasteiger charge is 2.31. The van der Waals surface area contributed by atoms with Gasteiger partial charge in [-0.15, -0.1) is 0 Å². The van der Waals surface area contributed by atoms with Crippen LogP contribution in [0.5, 0.6) is 0 Å². The second kappa shape index (κ2) is 7.19. The average molecular weight is 341 g/mol. The van der Waals surface area contributed by atoms with Crippen molar-refractivity contribution in [3.63, 3.8) is 0 Å². The summed E-state index contributed by atoms with van der Waals surface area (Å²) in [5.74, 6) is -0.160. The molecule has 1 fully saturated rings. The fraction of sp³-hybridized carbons (Fsp3) is 0.421. The lowest BCUT2D eigenvalue weighted by atomic mass is 10.1. The number of aliphatic hydroxyl groups is 1. The van der Waals surface area contributed by atoms with Gasteiger partial charge in [-0.3, -0.25) is 14.6 Å². The molecular weight excluding hydrogens is 318 g/mol. The zero-order chi connectivity index (χ0) is 18.0. The normalized spacial score (nSPS) is 18.7. The molecule has 1 atom stereocenters. The minimum atomic E-state index is -0.760. The van der Waals surface area contributed by atoms with Gasteiger partial charge in [0.1, 0.15) is 12.2 Å². The first-order chi connectivity index (χ1) is 12.0. The molecule has 3 rings (SSSR count). The van der Waals surface area contributed by atoms with Gasteiger partial charge in [0.15, 0.2) is 0 Å². The highest BCUT2D eigenvalue weighted by molar-refractivity contribution is 6.06. The van der Waals surface area contributed by atoms with Gasteiger partial charge in [-0.2, -0.15) is 0 Å². The molecular formula is C19H23N3O3. The molecule has 1 aromatic heterocycles. The Morgan fingerprint density at radius 3 is 2.80 bits per heavy atom. The molecule has 1 aliphatic rings. The Kier molecular flexibility index (Phi) is 4.99. The van der Waals surface area contributed by atoms with E-state index in [9.17, 15) is 14.7 Å². The van der Waals surface area contributed by atoms with Gasteiger partial charge in [0, 0.05) is 31.2 Å². The molecule has 2 heterocycles. The number of carbonyl (C=O) groups is 2. The Bertz CT molecular complexity index is 785. The van der Waals surface area contributed by atoms with E-state index in [1.807, 2.05) is 44.2 Å². The van der Waals surface area contributed by atoms with E-state index in [1.54, 1.807) is 11.1 Å².